The first kappa shape index (κ1) is 21.7. The van der Waals surface area contributed by atoms with Gasteiger partial charge in [0.15, 0.2) is 0 Å². The lowest BCUT2D eigenvalue weighted by Crippen LogP contribution is -2.47. The molecule has 2 aromatic carbocycles. The first-order chi connectivity index (χ1) is 14.0. The number of anilines is 1. The van der Waals surface area contributed by atoms with Crippen LogP contribution in [0.3, 0.4) is 0 Å². The molecule has 1 atom stereocenters. The van der Waals surface area contributed by atoms with Gasteiger partial charge in [-0.15, -0.1) is 0 Å². The Labute approximate surface area is 176 Å². The largest absolute Gasteiger partial charge is 0.379 e. The summed E-state index contributed by atoms with van der Waals surface area (Å²) in [6, 6.07) is 14.3. The summed E-state index contributed by atoms with van der Waals surface area (Å²) in [6.45, 7) is 7.01. The average Bonchev–Trinajstić information content (AvgIpc) is 2.72. The maximum atomic E-state index is 14.0. The van der Waals surface area contributed by atoms with Crippen LogP contribution < -0.4 is 5.32 Å². The highest BCUT2D eigenvalue weighted by molar-refractivity contribution is 6.30. The molecule has 1 amide bonds. The molecule has 156 valence electrons. The molecule has 3 rings (SSSR count). The summed E-state index contributed by atoms with van der Waals surface area (Å²) in [7, 11) is 0. The lowest BCUT2D eigenvalue weighted by atomic mass is 10.1. The Balaban J connectivity index is 1.67. The summed E-state index contributed by atoms with van der Waals surface area (Å²) in [5, 5.41) is 3.03. The Morgan fingerprint density at radius 1 is 1.24 bits per heavy atom. The lowest BCUT2D eigenvalue weighted by molar-refractivity contribution is -0.118. The van der Waals surface area contributed by atoms with Crippen LogP contribution in [-0.4, -0.2) is 61.1 Å². The molecule has 1 aliphatic rings. The number of rotatable bonds is 8. The first-order valence-corrected chi connectivity index (χ1v) is 10.2. The van der Waals surface area contributed by atoms with E-state index >= 15 is 0 Å². The van der Waals surface area contributed by atoms with Gasteiger partial charge in [0.1, 0.15) is 5.82 Å². The lowest BCUT2D eigenvalue weighted by Gasteiger charge is -2.34. The van der Waals surface area contributed by atoms with E-state index in [1.54, 1.807) is 0 Å². The Morgan fingerprint density at radius 2 is 1.97 bits per heavy atom. The minimum absolute atomic E-state index is 0.1000. The van der Waals surface area contributed by atoms with Gasteiger partial charge in [-0.1, -0.05) is 41.9 Å². The van der Waals surface area contributed by atoms with Gasteiger partial charge in [-0.3, -0.25) is 14.6 Å². The van der Waals surface area contributed by atoms with Crippen molar-refractivity contribution in [1.29, 1.82) is 0 Å². The van der Waals surface area contributed by atoms with E-state index < -0.39 is 5.82 Å². The van der Waals surface area contributed by atoms with E-state index in [2.05, 4.69) is 22.0 Å². The van der Waals surface area contributed by atoms with Gasteiger partial charge in [0.05, 0.1) is 25.4 Å². The highest BCUT2D eigenvalue weighted by Gasteiger charge is 2.22. The van der Waals surface area contributed by atoms with Crippen molar-refractivity contribution < 1.29 is 13.9 Å². The van der Waals surface area contributed by atoms with E-state index in [0.717, 1.165) is 38.4 Å². The number of nitrogens with zero attached hydrogens (tertiary/aromatic N) is 2. The molecule has 2 aromatic rings. The number of carbonyl (C=O) groups excluding carboxylic acids is 1. The number of hydrogen-bond acceptors (Lipinski definition) is 4. The van der Waals surface area contributed by atoms with Crippen molar-refractivity contribution in [2.24, 2.45) is 0 Å². The number of halogens is 2. The summed E-state index contributed by atoms with van der Waals surface area (Å²) in [4.78, 5) is 17.1. The van der Waals surface area contributed by atoms with E-state index in [-0.39, 0.29) is 24.2 Å². The number of ether oxygens (including phenoxy) is 1. The first-order valence-electron chi connectivity index (χ1n) is 9.84. The van der Waals surface area contributed by atoms with Gasteiger partial charge in [0, 0.05) is 37.2 Å². The molecule has 0 radical (unpaired) electrons. The van der Waals surface area contributed by atoms with Crippen LogP contribution in [0.1, 0.15) is 12.5 Å². The van der Waals surface area contributed by atoms with Crippen molar-refractivity contribution in [3.8, 4) is 0 Å². The van der Waals surface area contributed by atoms with Crippen LogP contribution in [-0.2, 0) is 16.1 Å². The van der Waals surface area contributed by atoms with Gasteiger partial charge in [0.2, 0.25) is 5.91 Å². The summed E-state index contributed by atoms with van der Waals surface area (Å²) in [6.07, 6.45) is 0. The summed E-state index contributed by atoms with van der Waals surface area (Å²) < 4.78 is 19.4. The third-order valence-electron chi connectivity index (χ3n) is 5.03. The predicted octanol–water partition coefficient (Wildman–Crippen LogP) is 3.64. The highest BCUT2D eigenvalue weighted by atomic mass is 35.5. The number of benzene rings is 2. The monoisotopic (exact) mass is 419 g/mol. The fourth-order valence-corrected chi connectivity index (χ4v) is 3.60. The Kier molecular flexibility index (Phi) is 8.00. The molecule has 1 N–H and O–H groups in total. The normalized spacial score (nSPS) is 16.0. The van der Waals surface area contributed by atoms with E-state index in [0.29, 0.717) is 11.6 Å². The number of amides is 1. The molecule has 1 aliphatic heterocycles. The quantitative estimate of drug-likeness (QED) is 0.709. The highest BCUT2D eigenvalue weighted by Crippen LogP contribution is 2.20. The van der Waals surface area contributed by atoms with Gasteiger partial charge in [-0.25, -0.2) is 4.39 Å². The maximum Gasteiger partial charge on any atom is 0.238 e. The minimum atomic E-state index is -0.501. The van der Waals surface area contributed by atoms with Crippen molar-refractivity contribution >= 4 is 23.2 Å². The smallest absolute Gasteiger partial charge is 0.238 e. The molecule has 29 heavy (non-hydrogen) atoms. The number of nitrogens with one attached hydrogen (secondary N) is 1. The standard InChI is InChI=1S/C22H27ClFN3O2/c1-17(14-26-9-11-29-12-10-26)27(15-18-5-3-2-4-6-18)16-22(28)25-21-13-19(23)7-8-20(21)24/h2-8,13,17H,9-12,14-16H2,1H3,(H,25,28). The fourth-order valence-electron chi connectivity index (χ4n) is 3.43. The Hall–Kier alpha value is -1.99. The zero-order chi connectivity index (χ0) is 20.6. The molecule has 0 spiro atoms. The molecule has 5 nitrogen and oxygen atoms in total. The molecule has 0 saturated carbocycles. The predicted molar refractivity (Wildman–Crippen MR) is 114 cm³/mol. The van der Waals surface area contributed by atoms with Crippen LogP contribution in [0.15, 0.2) is 48.5 Å². The fraction of sp³-hybridized carbons (Fsp3) is 0.409. The zero-order valence-corrected chi connectivity index (χ0v) is 17.4. The van der Waals surface area contributed by atoms with Crippen LogP contribution in [0, 0.1) is 5.82 Å². The second-order valence-electron chi connectivity index (χ2n) is 7.32. The minimum Gasteiger partial charge on any atom is -0.379 e. The zero-order valence-electron chi connectivity index (χ0n) is 16.6. The average molecular weight is 420 g/mol. The van der Waals surface area contributed by atoms with Crippen molar-refractivity contribution in [3.63, 3.8) is 0 Å². The Morgan fingerprint density at radius 3 is 2.69 bits per heavy atom. The molecule has 0 aliphatic carbocycles. The summed E-state index contributed by atoms with van der Waals surface area (Å²) in [5.41, 5.74) is 1.23. The Bertz CT molecular complexity index is 800. The van der Waals surface area contributed by atoms with Crippen molar-refractivity contribution in [3.05, 3.63) is 64.9 Å². The molecule has 1 heterocycles. The van der Waals surface area contributed by atoms with Crippen LogP contribution in [0.2, 0.25) is 5.02 Å². The van der Waals surface area contributed by atoms with Gasteiger partial charge in [-0.2, -0.15) is 0 Å². The van der Waals surface area contributed by atoms with Crippen LogP contribution in [0.4, 0.5) is 10.1 Å². The van der Waals surface area contributed by atoms with Gasteiger partial charge >= 0.3 is 0 Å². The van der Waals surface area contributed by atoms with Gasteiger partial charge in [0.25, 0.3) is 0 Å². The third-order valence-corrected chi connectivity index (χ3v) is 5.26. The van der Waals surface area contributed by atoms with Crippen molar-refractivity contribution in [2.45, 2.75) is 19.5 Å². The van der Waals surface area contributed by atoms with Crippen LogP contribution in [0.5, 0.6) is 0 Å². The number of morpholine rings is 1. The molecule has 1 unspecified atom stereocenters. The van der Waals surface area contributed by atoms with Gasteiger partial charge in [-0.05, 0) is 30.7 Å². The van der Waals surface area contributed by atoms with Crippen molar-refractivity contribution in [2.75, 3.05) is 44.7 Å². The SMILES string of the molecule is CC(CN1CCOCC1)N(CC(=O)Nc1cc(Cl)ccc1F)Cc1ccccc1. The second kappa shape index (κ2) is 10.7. The summed E-state index contributed by atoms with van der Waals surface area (Å²) >= 11 is 5.93. The van der Waals surface area contributed by atoms with Crippen molar-refractivity contribution in [1.82, 2.24) is 9.80 Å². The number of hydrogen-bond donors (Lipinski definition) is 1. The second-order valence-corrected chi connectivity index (χ2v) is 7.76. The molecular formula is C22H27ClFN3O2. The van der Waals surface area contributed by atoms with E-state index in [1.807, 2.05) is 30.3 Å². The molecule has 7 heteroatoms. The van der Waals surface area contributed by atoms with Gasteiger partial charge < -0.3 is 10.1 Å². The molecule has 0 aromatic heterocycles. The molecule has 1 saturated heterocycles. The van der Waals surface area contributed by atoms with E-state index in [9.17, 15) is 9.18 Å². The third kappa shape index (κ3) is 6.78. The van der Waals surface area contributed by atoms with E-state index in [4.69, 9.17) is 16.3 Å². The molecular weight excluding hydrogens is 393 g/mol. The van der Waals surface area contributed by atoms with E-state index in [1.165, 1.54) is 18.2 Å². The maximum absolute atomic E-state index is 14.0. The topological polar surface area (TPSA) is 44.8 Å². The van der Waals surface area contributed by atoms with Crippen LogP contribution >= 0.6 is 11.6 Å². The van der Waals surface area contributed by atoms with Crippen LogP contribution in [0.25, 0.3) is 0 Å². The summed E-state index contributed by atoms with van der Waals surface area (Å²) in [5.74, 6) is -0.769. The molecule has 1 fully saturated rings. The number of carbonyl (C=O) groups is 1. The molecule has 0 bridgehead atoms.